The van der Waals surface area contributed by atoms with Gasteiger partial charge in [0.2, 0.25) is 0 Å². The Hall–Kier alpha value is -0.640. The van der Waals surface area contributed by atoms with Gasteiger partial charge in [0.25, 0.3) is 0 Å². The first-order chi connectivity index (χ1) is 20.3. The Morgan fingerprint density at radius 2 is 0.610 bits per heavy atom. The molecule has 0 radical (unpaired) electrons. The molecule has 0 bridgehead atoms. The van der Waals surface area contributed by atoms with E-state index in [-0.39, 0.29) is 12.6 Å². The third-order valence-electron chi connectivity index (χ3n) is 5.05. The van der Waals surface area contributed by atoms with Crippen molar-refractivity contribution in [2.45, 2.75) is 32.6 Å². The van der Waals surface area contributed by atoms with Gasteiger partial charge in [-0.25, -0.2) is 0 Å². The van der Waals surface area contributed by atoms with Crippen molar-refractivity contribution in [1.29, 1.82) is 0 Å². The predicted molar refractivity (Wildman–Crippen MR) is 154 cm³/mol. The summed E-state index contributed by atoms with van der Waals surface area (Å²) in [7, 11) is 0. The maximum absolute atomic E-state index is 10.6. The van der Waals surface area contributed by atoms with Gasteiger partial charge in [0, 0.05) is 19.4 Å². The van der Waals surface area contributed by atoms with Crippen LogP contribution in [-0.4, -0.2) is 151 Å². The third-order valence-corrected chi connectivity index (χ3v) is 5.32. The van der Waals surface area contributed by atoms with Crippen molar-refractivity contribution in [2.24, 2.45) is 0 Å². The molecule has 0 aliphatic heterocycles. The number of hydrogen-bond acceptors (Lipinski definition) is 12. The summed E-state index contributed by atoms with van der Waals surface area (Å²) in [4.78, 5) is 10.6. The van der Waals surface area contributed by atoms with Crippen molar-refractivity contribution in [1.82, 2.24) is 0 Å². The highest BCUT2D eigenvalue weighted by atomic mass is 35.5. The standard InChI is InChI=1S/C28H55ClO12/c1-28(30)41-27-26-40-25-24-39-23-22-38-21-20-37-19-18-36-17-16-35-15-14-34-13-12-33-11-10-32-9-8-31-7-5-3-2-4-6-29/h2-27H2,1H3. The summed E-state index contributed by atoms with van der Waals surface area (Å²) in [6, 6.07) is 0. The molecule has 13 heteroatoms. The fourth-order valence-electron chi connectivity index (χ4n) is 2.98. The second-order valence-corrected chi connectivity index (χ2v) is 8.94. The molecule has 0 rings (SSSR count). The van der Waals surface area contributed by atoms with Crippen LogP contribution in [-0.2, 0) is 56.9 Å². The van der Waals surface area contributed by atoms with E-state index >= 15 is 0 Å². The highest BCUT2D eigenvalue weighted by Crippen LogP contribution is 2.01. The van der Waals surface area contributed by atoms with E-state index in [9.17, 15) is 4.79 Å². The van der Waals surface area contributed by atoms with E-state index in [1.165, 1.54) is 19.8 Å². The third kappa shape index (κ3) is 39.4. The number of alkyl halides is 1. The molecule has 41 heavy (non-hydrogen) atoms. The summed E-state index contributed by atoms with van der Waals surface area (Å²) < 4.78 is 59.1. The van der Waals surface area contributed by atoms with Crippen molar-refractivity contribution in [2.75, 3.05) is 145 Å². The lowest BCUT2D eigenvalue weighted by Crippen LogP contribution is -2.15. The molecule has 0 saturated heterocycles. The van der Waals surface area contributed by atoms with E-state index in [0.717, 1.165) is 25.3 Å². The molecule has 246 valence electrons. The number of esters is 1. The molecule has 0 aliphatic rings. The maximum Gasteiger partial charge on any atom is 0.302 e. The Morgan fingerprint density at radius 1 is 0.366 bits per heavy atom. The summed E-state index contributed by atoms with van der Waals surface area (Å²) in [5.74, 6) is 0.433. The fourth-order valence-corrected chi connectivity index (χ4v) is 3.17. The minimum Gasteiger partial charge on any atom is -0.463 e. The number of hydrogen-bond donors (Lipinski definition) is 0. The lowest BCUT2D eigenvalue weighted by atomic mass is 10.2. The lowest BCUT2D eigenvalue weighted by molar-refractivity contribution is -0.142. The Bertz CT molecular complexity index is 505. The molecule has 0 aromatic rings. The molecule has 0 spiro atoms. The molecule has 0 atom stereocenters. The lowest BCUT2D eigenvalue weighted by Gasteiger charge is -2.09. The maximum atomic E-state index is 10.6. The van der Waals surface area contributed by atoms with Gasteiger partial charge < -0.3 is 52.1 Å². The predicted octanol–water partition coefficient (Wildman–Crippen LogP) is 2.51. The number of unbranched alkanes of at least 4 members (excludes halogenated alkanes) is 3. The first kappa shape index (κ1) is 40.4. The fraction of sp³-hybridized carbons (Fsp3) is 0.964. The Labute approximate surface area is 251 Å². The molecule has 12 nitrogen and oxygen atoms in total. The monoisotopic (exact) mass is 618 g/mol. The van der Waals surface area contributed by atoms with Gasteiger partial charge in [-0.2, -0.15) is 0 Å². The van der Waals surface area contributed by atoms with Crippen molar-refractivity contribution >= 4 is 17.6 Å². The SMILES string of the molecule is CC(=O)OCCOCCOCCOCCOCCOCCOCCOCCOCCOCCOCCCCCCCl. The minimum atomic E-state index is -0.309. The van der Waals surface area contributed by atoms with E-state index in [1.54, 1.807) is 0 Å². The zero-order valence-electron chi connectivity index (χ0n) is 25.2. The van der Waals surface area contributed by atoms with Gasteiger partial charge in [-0.1, -0.05) is 12.8 Å². The number of carbonyl (C=O) groups excluding carboxylic acids is 1. The molecule has 0 N–H and O–H groups in total. The smallest absolute Gasteiger partial charge is 0.302 e. The van der Waals surface area contributed by atoms with Gasteiger partial charge in [0.1, 0.15) is 6.61 Å². The van der Waals surface area contributed by atoms with E-state index in [1.807, 2.05) is 0 Å². The quantitative estimate of drug-likeness (QED) is 0.0583. The second kappa shape index (κ2) is 37.4. The first-order valence-electron chi connectivity index (χ1n) is 14.7. The highest BCUT2D eigenvalue weighted by molar-refractivity contribution is 6.17. The minimum absolute atomic E-state index is 0.260. The molecule has 0 heterocycles. The molecule has 0 unspecified atom stereocenters. The largest absolute Gasteiger partial charge is 0.463 e. The van der Waals surface area contributed by atoms with Crippen LogP contribution in [0.1, 0.15) is 32.6 Å². The molecule has 0 fully saturated rings. The average molecular weight is 619 g/mol. The van der Waals surface area contributed by atoms with Gasteiger partial charge >= 0.3 is 5.97 Å². The zero-order chi connectivity index (χ0) is 29.7. The summed E-state index contributed by atoms with van der Waals surface area (Å²) in [5, 5.41) is 0. The van der Waals surface area contributed by atoms with E-state index in [2.05, 4.69) is 0 Å². The van der Waals surface area contributed by atoms with Crippen LogP contribution in [0.5, 0.6) is 0 Å². The number of halogens is 1. The van der Waals surface area contributed by atoms with Gasteiger partial charge in [0.05, 0.1) is 126 Å². The summed E-state index contributed by atoms with van der Waals surface area (Å²) in [5.41, 5.74) is 0. The number of rotatable bonds is 36. The van der Waals surface area contributed by atoms with Crippen molar-refractivity contribution < 1.29 is 56.9 Å². The van der Waals surface area contributed by atoms with Gasteiger partial charge in [-0.3, -0.25) is 4.79 Å². The zero-order valence-corrected chi connectivity index (χ0v) is 25.9. The highest BCUT2D eigenvalue weighted by Gasteiger charge is 1.97. The first-order valence-corrected chi connectivity index (χ1v) is 15.3. The second-order valence-electron chi connectivity index (χ2n) is 8.57. The average Bonchev–Trinajstić information content (AvgIpc) is 2.97. The topological polar surface area (TPSA) is 119 Å². The van der Waals surface area contributed by atoms with Crippen LogP contribution in [0, 0.1) is 0 Å². The molecule has 0 aliphatic carbocycles. The normalized spacial score (nSPS) is 11.4. The molecule has 0 aromatic carbocycles. The van der Waals surface area contributed by atoms with Gasteiger partial charge in [0.15, 0.2) is 0 Å². The number of carbonyl (C=O) groups is 1. The molecular formula is C28H55ClO12. The van der Waals surface area contributed by atoms with Gasteiger partial charge in [-0.15, -0.1) is 11.6 Å². The van der Waals surface area contributed by atoms with Crippen LogP contribution in [0.3, 0.4) is 0 Å². The molecule has 0 amide bonds. The van der Waals surface area contributed by atoms with Crippen LogP contribution >= 0.6 is 11.6 Å². The molecule has 0 saturated carbocycles. The Balaban J connectivity index is 3.03. The van der Waals surface area contributed by atoms with Crippen LogP contribution in [0.15, 0.2) is 0 Å². The van der Waals surface area contributed by atoms with Crippen molar-refractivity contribution in [3.63, 3.8) is 0 Å². The van der Waals surface area contributed by atoms with E-state index in [0.29, 0.717) is 126 Å². The summed E-state index contributed by atoms with van der Waals surface area (Å²) in [6.07, 6.45) is 4.49. The summed E-state index contributed by atoms with van der Waals surface area (Å²) >= 11 is 5.64. The molecule has 0 aromatic heterocycles. The summed E-state index contributed by atoms with van der Waals surface area (Å²) in [6.45, 7) is 12.1. The van der Waals surface area contributed by atoms with E-state index < -0.39 is 0 Å². The van der Waals surface area contributed by atoms with Crippen LogP contribution in [0.4, 0.5) is 0 Å². The van der Waals surface area contributed by atoms with Crippen LogP contribution < -0.4 is 0 Å². The van der Waals surface area contributed by atoms with E-state index in [4.69, 9.17) is 63.7 Å². The molecular weight excluding hydrogens is 564 g/mol. The van der Waals surface area contributed by atoms with Crippen LogP contribution in [0.2, 0.25) is 0 Å². The number of ether oxygens (including phenoxy) is 11. The van der Waals surface area contributed by atoms with Crippen LogP contribution in [0.25, 0.3) is 0 Å². The Kier molecular flexibility index (Phi) is 36.8. The Morgan fingerprint density at radius 3 is 0.878 bits per heavy atom. The van der Waals surface area contributed by atoms with Crippen molar-refractivity contribution in [3.8, 4) is 0 Å². The van der Waals surface area contributed by atoms with Crippen molar-refractivity contribution in [3.05, 3.63) is 0 Å². The van der Waals surface area contributed by atoms with Gasteiger partial charge in [-0.05, 0) is 12.8 Å².